The molecule has 3 nitrogen and oxygen atoms in total. The lowest BCUT2D eigenvalue weighted by Gasteiger charge is -2.11. The largest absolute Gasteiger partial charge is 0.270 e. The summed E-state index contributed by atoms with van der Waals surface area (Å²) in [5, 5.41) is 10.3. The van der Waals surface area contributed by atoms with Crippen molar-refractivity contribution >= 4 is 35.0 Å². The molecule has 0 aliphatic rings. The molecule has 0 radical (unpaired) electrons. The first-order chi connectivity index (χ1) is 13.6. The standard InChI is InChI=1S/C21H14Cl2FN3S/c22-17-11-10-14(12-18(17)23)13-28-21-26-25-20(16-8-4-5-9-19(16)24)27(21)15-6-2-1-3-7-15/h1-12H,13H2. The Kier molecular flexibility index (Phi) is 5.67. The van der Waals surface area contributed by atoms with Crippen molar-refractivity contribution in [2.45, 2.75) is 10.9 Å². The van der Waals surface area contributed by atoms with Crippen molar-refractivity contribution < 1.29 is 4.39 Å². The van der Waals surface area contributed by atoms with Crippen molar-refractivity contribution in [2.24, 2.45) is 0 Å². The second-order valence-electron chi connectivity index (χ2n) is 5.99. The van der Waals surface area contributed by atoms with Gasteiger partial charge in [0.05, 0.1) is 15.6 Å². The molecular formula is C21H14Cl2FN3S. The van der Waals surface area contributed by atoms with E-state index in [0.29, 0.717) is 32.3 Å². The second kappa shape index (κ2) is 8.35. The van der Waals surface area contributed by atoms with Crippen molar-refractivity contribution in [2.75, 3.05) is 0 Å². The zero-order valence-electron chi connectivity index (χ0n) is 14.5. The van der Waals surface area contributed by atoms with Crippen LogP contribution in [0.3, 0.4) is 0 Å². The highest BCUT2D eigenvalue weighted by Crippen LogP contribution is 2.32. The highest BCUT2D eigenvalue weighted by atomic mass is 35.5. The summed E-state index contributed by atoms with van der Waals surface area (Å²) in [4.78, 5) is 0. The molecule has 4 aromatic rings. The van der Waals surface area contributed by atoms with E-state index in [4.69, 9.17) is 23.2 Å². The highest BCUT2D eigenvalue weighted by Gasteiger charge is 2.18. The number of thioether (sulfide) groups is 1. The van der Waals surface area contributed by atoms with Crippen LogP contribution in [0.4, 0.5) is 4.39 Å². The quantitative estimate of drug-likeness (QED) is 0.331. The van der Waals surface area contributed by atoms with Crippen LogP contribution in [-0.4, -0.2) is 14.8 Å². The molecule has 140 valence electrons. The Morgan fingerprint density at radius 3 is 2.36 bits per heavy atom. The van der Waals surface area contributed by atoms with Crippen LogP contribution < -0.4 is 0 Å². The van der Waals surface area contributed by atoms with Crippen LogP contribution in [0, 0.1) is 5.82 Å². The monoisotopic (exact) mass is 429 g/mol. The molecule has 0 spiro atoms. The zero-order chi connectivity index (χ0) is 19.5. The fourth-order valence-corrected chi connectivity index (χ4v) is 3.98. The fourth-order valence-electron chi connectivity index (χ4n) is 2.77. The third kappa shape index (κ3) is 3.92. The summed E-state index contributed by atoms with van der Waals surface area (Å²) >= 11 is 13.6. The smallest absolute Gasteiger partial charge is 0.196 e. The lowest BCUT2D eigenvalue weighted by molar-refractivity contribution is 0.629. The molecule has 0 saturated carbocycles. The van der Waals surface area contributed by atoms with E-state index >= 15 is 0 Å². The molecule has 1 heterocycles. The van der Waals surface area contributed by atoms with Gasteiger partial charge in [0.15, 0.2) is 11.0 Å². The number of hydrogen-bond acceptors (Lipinski definition) is 3. The van der Waals surface area contributed by atoms with Gasteiger partial charge in [0.2, 0.25) is 0 Å². The first kappa shape index (κ1) is 19.0. The third-order valence-electron chi connectivity index (χ3n) is 4.11. The van der Waals surface area contributed by atoms with E-state index in [9.17, 15) is 4.39 Å². The van der Waals surface area contributed by atoms with Crippen molar-refractivity contribution in [3.63, 3.8) is 0 Å². The summed E-state index contributed by atoms with van der Waals surface area (Å²) in [6.07, 6.45) is 0. The average Bonchev–Trinajstić information content (AvgIpc) is 3.13. The summed E-state index contributed by atoms with van der Waals surface area (Å²) in [5.74, 6) is 0.744. The van der Waals surface area contributed by atoms with Crippen LogP contribution >= 0.6 is 35.0 Å². The number of rotatable bonds is 5. The van der Waals surface area contributed by atoms with Gasteiger partial charge >= 0.3 is 0 Å². The van der Waals surface area contributed by atoms with Crippen LogP contribution in [0.25, 0.3) is 17.1 Å². The minimum atomic E-state index is -0.340. The molecular weight excluding hydrogens is 416 g/mol. The van der Waals surface area contributed by atoms with E-state index in [-0.39, 0.29) is 5.82 Å². The normalized spacial score (nSPS) is 11.0. The van der Waals surface area contributed by atoms with Crippen molar-refractivity contribution in [1.29, 1.82) is 0 Å². The number of benzene rings is 3. The Balaban J connectivity index is 1.73. The summed E-state index contributed by atoms with van der Waals surface area (Å²) in [6, 6.07) is 21.7. The molecule has 1 aromatic heterocycles. The maximum Gasteiger partial charge on any atom is 0.196 e. The molecule has 0 saturated heterocycles. The Morgan fingerprint density at radius 2 is 1.61 bits per heavy atom. The molecule has 0 bridgehead atoms. The summed E-state index contributed by atoms with van der Waals surface area (Å²) in [5.41, 5.74) is 2.28. The highest BCUT2D eigenvalue weighted by molar-refractivity contribution is 7.98. The number of para-hydroxylation sites is 1. The van der Waals surface area contributed by atoms with Gasteiger partial charge in [0, 0.05) is 11.4 Å². The van der Waals surface area contributed by atoms with Gasteiger partial charge in [-0.05, 0) is 42.0 Å². The molecule has 0 fully saturated rings. The van der Waals surface area contributed by atoms with E-state index in [1.807, 2.05) is 47.0 Å². The molecule has 0 N–H and O–H groups in total. The van der Waals surface area contributed by atoms with Crippen molar-refractivity contribution in [1.82, 2.24) is 14.8 Å². The van der Waals surface area contributed by atoms with Crippen LogP contribution in [0.2, 0.25) is 10.0 Å². The van der Waals surface area contributed by atoms with Gasteiger partial charge in [-0.2, -0.15) is 0 Å². The topological polar surface area (TPSA) is 30.7 Å². The van der Waals surface area contributed by atoms with E-state index in [0.717, 1.165) is 11.3 Å². The summed E-state index contributed by atoms with van der Waals surface area (Å²) < 4.78 is 16.3. The molecule has 4 rings (SSSR count). The summed E-state index contributed by atoms with van der Waals surface area (Å²) in [7, 11) is 0. The predicted molar refractivity (Wildman–Crippen MR) is 113 cm³/mol. The van der Waals surface area contributed by atoms with Gasteiger partial charge in [-0.3, -0.25) is 4.57 Å². The maximum absolute atomic E-state index is 14.4. The summed E-state index contributed by atoms with van der Waals surface area (Å²) in [6.45, 7) is 0. The Labute approximate surface area is 176 Å². The Morgan fingerprint density at radius 1 is 0.857 bits per heavy atom. The molecule has 7 heteroatoms. The van der Waals surface area contributed by atoms with Gasteiger partial charge < -0.3 is 0 Å². The maximum atomic E-state index is 14.4. The van der Waals surface area contributed by atoms with Gasteiger partial charge in [-0.25, -0.2) is 4.39 Å². The minimum absolute atomic E-state index is 0.340. The van der Waals surface area contributed by atoms with Gasteiger partial charge in [0.25, 0.3) is 0 Å². The zero-order valence-corrected chi connectivity index (χ0v) is 16.8. The first-order valence-electron chi connectivity index (χ1n) is 8.46. The number of aromatic nitrogens is 3. The number of nitrogens with zero attached hydrogens (tertiary/aromatic N) is 3. The van der Waals surface area contributed by atoms with Crippen LogP contribution in [-0.2, 0) is 5.75 Å². The molecule has 0 atom stereocenters. The van der Waals surface area contributed by atoms with E-state index < -0.39 is 0 Å². The van der Waals surface area contributed by atoms with Crippen LogP contribution in [0.15, 0.2) is 78.0 Å². The molecule has 3 aromatic carbocycles. The van der Waals surface area contributed by atoms with Crippen LogP contribution in [0.1, 0.15) is 5.56 Å². The van der Waals surface area contributed by atoms with E-state index in [1.54, 1.807) is 24.3 Å². The lowest BCUT2D eigenvalue weighted by Crippen LogP contribution is -2.00. The average molecular weight is 430 g/mol. The first-order valence-corrected chi connectivity index (χ1v) is 10.2. The van der Waals surface area contributed by atoms with Gasteiger partial charge in [-0.15, -0.1) is 10.2 Å². The van der Waals surface area contributed by atoms with Gasteiger partial charge in [-0.1, -0.05) is 71.4 Å². The Bertz CT molecular complexity index is 1120. The molecule has 28 heavy (non-hydrogen) atoms. The molecule has 0 aliphatic carbocycles. The van der Waals surface area contributed by atoms with Gasteiger partial charge in [0.1, 0.15) is 5.82 Å². The van der Waals surface area contributed by atoms with Crippen molar-refractivity contribution in [3.05, 3.63) is 94.2 Å². The number of hydrogen-bond donors (Lipinski definition) is 0. The van der Waals surface area contributed by atoms with Crippen molar-refractivity contribution in [3.8, 4) is 17.1 Å². The second-order valence-corrected chi connectivity index (χ2v) is 7.75. The minimum Gasteiger partial charge on any atom is -0.270 e. The molecule has 0 unspecified atom stereocenters. The van der Waals surface area contributed by atoms with Crippen LogP contribution in [0.5, 0.6) is 0 Å². The lowest BCUT2D eigenvalue weighted by atomic mass is 10.2. The predicted octanol–water partition coefficient (Wildman–Crippen LogP) is 6.67. The molecule has 0 amide bonds. The van der Waals surface area contributed by atoms with E-state index in [1.165, 1.54) is 17.8 Å². The third-order valence-corrected chi connectivity index (χ3v) is 5.85. The van der Waals surface area contributed by atoms with E-state index in [2.05, 4.69) is 10.2 Å². The molecule has 0 aliphatic heterocycles. The Hall–Kier alpha value is -2.34. The fraction of sp³-hybridized carbons (Fsp3) is 0.0476. The SMILES string of the molecule is Fc1ccccc1-c1nnc(SCc2ccc(Cl)c(Cl)c2)n1-c1ccccc1. The number of halogens is 3.